The standard InChI is InChI=1S/C19H22N2O4/c1-2-24-19(23)21-11-8-15(9-12-21)20-18(22)17-16(10-13-25-17)14-6-4-3-5-7-14/h3-7,10,13,15H,2,8-9,11-12H2,1H3,(H,20,22). The van der Waals surface area contributed by atoms with Crippen molar-refractivity contribution in [2.24, 2.45) is 0 Å². The van der Waals surface area contributed by atoms with Gasteiger partial charge in [0, 0.05) is 24.7 Å². The first-order valence-electron chi connectivity index (χ1n) is 8.54. The Morgan fingerprint density at radius 1 is 1.20 bits per heavy atom. The minimum absolute atomic E-state index is 0.0203. The van der Waals surface area contributed by atoms with Gasteiger partial charge in [-0.15, -0.1) is 0 Å². The van der Waals surface area contributed by atoms with Crippen LogP contribution in [0.5, 0.6) is 0 Å². The molecule has 2 heterocycles. The summed E-state index contributed by atoms with van der Waals surface area (Å²) in [5.41, 5.74) is 1.72. The number of hydrogen-bond acceptors (Lipinski definition) is 4. The second-order valence-corrected chi connectivity index (χ2v) is 5.96. The van der Waals surface area contributed by atoms with E-state index in [1.165, 1.54) is 6.26 Å². The number of carbonyl (C=O) groups is 2. The molecule has 1 aromatic carbocycles. The van der Waals surface area contributed by atoms with E-state index >= 15 is 0 Å². The average Bonchev–Trinajstić information content (AvgIpc) is 3.13. The second-order valence-electron chi connectivity index (χ2n) is 5.96. The maximum Gasteiger partial charge on any atom is 0.409 e. The third-order valence-corrected chi connectivity index (χ3v) is 4.31. The number of nitrogens with one attached hydrogen (secondary N) is 1. The number of hydrogen-bond donors (Lipinski definition) is 1. The highest BCUT2D eigenvalue weighted by Crippen LogP contribution is 2.25. The van der Waals surface area contributed by atoms with Crippen LogP contribution in [0.4, 0.5) is 4.79 Å². The molecule has 6 heteroatoms. The van der Waals surface area contributed by atoms with Gasteiger partial charge in [0.2, 0.25) is 0 Å². The molecule has 0 unspecified atom stereocenters. The third kappa shape index (κ3) is 4.02. The van der Waals surface area contributed by atoms with Crippen LogP contribution in [0.25, 0.3) is 11.1 Å². The number of nitrogens with zero attached hydrogens (tertiary/aromatic N) is 1. The fourth-order valence-electron chi connectivity index (χ4n) is 3.00. The molecule has 0 radical (unpaired) electrons. The third-order valence-electron chi connectivity index (χ3n) is 4.31. The van der Waals surface area contributed by atoms with Crippen LogP contribution in [-0.4, -0.2) is 42.6 Å². The van der Waals surface area contributed by atoms with Gasteiger partial charge in [0.1, 0.15) is 0 Å². The van der Waals surface area contributed by atoms with E-state index in [-0.39, 0.29) is 18.0 Å². The van der Waals surface area contributed by atoms with Crippen LogP contribution >= 0.6 is 0 Å². The first kappa shape index (κ1) is 17.1. The van der Waals surface area contributed by atoms with E-state index in [0.29, 0.717) is 38.3 Å². The van der Waals surface area contributed by atoms with Gasteiger partial charge in [-0.25, -0.2) is 4.79 Å². The van der Waals surface area contributed by atoms with Crippen molar-refractivity contribution in [2.45, 2.75) is 25.8 Å². The minimum atomic E-state index is -0.287. The highest BCUT2D eigenvalue weighted by atomic mass is 16.6. The first-order valence-corrected chi connectivity index (χ1v) is 8.54. The van der Waals surface area contributed by atoms with Gasteiger partial charge in [-0.1, -0.05) is 30.3 Å². The molecule has 0 saturated carbocycles. The minimum Gasteiger partial charge on any atom is -0.459 e. The molecule has 6 nitrogen and oxygen atoms in total. The molecule has 0 bridgehead atoms. The fourth-order valence-corrected chi connectivity index (χ4v) is 3.00. The number of furan rings is 1. The molecule has 1 aliphatic heterocycles. The first-order chi connectivity index (χ1) is 12.2. The molecular weight excluding hydrogens is 320 g/mol. The van der Waals surface area contributed by atoms with Crippen molar-refractivity contribution in [3.8, 4) is 11.1 Å². The lowest BCUT2D eigenvalue weighted by Crippen LogP contribution is -2.46. The zero-order chi connectivity index (χ0) is 17.6. The van der Waals surface area contributed by atoms with Gasteiger partial charge in [-0.05, 0) is 31.4 Å². The molecule has 25 heavy (non-hydrogen) atoms. The largest absolute Gasteiger partial charge is 0.459 e. The number of carbonyl (C=O) groups excluding carboxylic acids is 2. The quantitative estimate of drug-likeness (QED) is 0.925. The SMILES string of the molecule is CCOC(=O)N1CCC(NC(=O)c2occc2-c2ccccc2)CC1. The van der Waals surface area contributed by atoms with E-state index < -0.39 is 0 Å². The summed E-state index contributed by atoms with van der Waals surface area (Å²) in [6.07, 6.45) is 2.64. The number of benzene rings is 1. The van der Waals surface area contributed by atoms with E-state index in [0.717, 1.165) is 11.1 Å². The van der Waals surface area contributed by atoms with Gasteiger partial charge in [0.05, 0.1) is 12.9 Å². The molecule has 0 aliphatic carbocycles. The van der Waals surface area contributed by atoms with Gasteiger partial charge >= 0.3 is 6.09 Å². The molecule has 1 N–H and O–H groups in total. The lowest BCUT2D eigenvalue weighted by atomic mass is 10.0. The monoisotopic (exact) mass is 342 g/mol. The van der Waals surface area contributed by atoms with E-state index in [1.807, 2.05) is 30.3 Å². The van der Waals surface area contributed by atoms with Crippen molar-refractivity contribution in [2.75, 3.05) is 19.7 Å². The Kier molecular flexibility index (Phi) is 5.38. The Labute approximate surface area is 146 Å². The van der Waals surface area contributed by atoms with Crippen molar-refractivity contribution >= 4 is 12.0 Å². The zero-order valence-corrected chi connectivity index (χ0v) is 14.2. The Morgan fingerprint density at radius 3 is 2.60 bits per heavy atom. The molecule has 2 amide bonds. The number of likely N-dealkylation sites (tertiary alicyclic amines) is 1. The Morgan fingerprint density at radius 2 is 1.92 bits per heavy atom. The van der Waals surface area contributed by atoms with Crippen molar-refractivity contribution in [3.63, 3.8) is 0 Å². The summed E-state index contributed by atoms with van der Waals surface area (Å²) in [4.78, 5) is 26.0. The summed E-state index contributed by atoms with van der Waals surface area (Å²) in [7, 11) is 0. The van der Waals surface area contributed by atoms with Crippen molar-refractivity contribution in [3.05, 3.63) is 48.4 Å². The van der Waals surface area contributed by atoms with Gasteiger partial charge in [-0.2, -0.15) is 0 Å². The van der Waals surface area contributed by atoms with Gasteiger partial charge < -0.3 is 19.4 Å². The summed E-state index contributed by atoms with van der Waals surface area (Å²) in [6, 6.07) is 11.5. The predicted octanol–water partition coefficient (Wildman–Crippen LogP) is 3.30. The Hall–Kier alpha value is -2.76. The highest BCUT2D eigenvalue weighted by Gasteiger charge is 2.26. The summed E-state index contributed by atoms with van der Waals surface area (Å²) in [6.45, 7) is 3.32. The fraction of sp³-hybridized carbons (Fsp3) is 0.368. The molecule has 1 aromatic heterocycles. The van der Waals surface area contributed by atoms with E-state index in [9.17, 15) is 9.59 Å². The number of piperidine rings is 1. The number of ether oxygens (including phenoxy) is 1. The normalized spacial score (nSPS) is 15.0. The van der Waals surface area contributed by atoms with Crippen molar-refractivity contribution in [1.82, 2.24) is 10.2 Å². The molecule has 132 valence electrons. The summed E-state index contributed by atoms with van der Waals surface area (Å²) in [5, 5.41) is 3.01. The predicted molar refractivity (Wildman–Crippen MR) is 93.2 cm³/mol. The Bertz CT molecular complexity index is 718. The van der Waals surface area contributed by atoms with Crippen LogP contribution in [0.3, 0.4) is 0 Å². The van der Waals surface area contributed by atoms with Crippen LogP contribution in [-0.2, 0) is 4.74 Å². The molecule has 1 aliphatic rings. The van der Waals surface area contributed by atoms with Crippen LogP contribution in [0.15, 0.2) is 47.1 Å². The maximum absolute atomic E-state index is 12.6. The molecule has 1 saturated heterocycles. The second kappa shape index (κ2) is 7.88. The van der Waals surface area contributed by atoms with Gasteiger partial charge in [0.25, 0.3) is 5.91 Å². The summed E-state index contributed by atoms with van der Waals surface area (Å²) >= 11 is 0. The molecule has 0 atom stereocenters. The number of amides is 2. The van der Waals surface area contributed by atoms with Crippen LogP contribution in [0.1, 0.15) is 30.3 Å². The molecular formula is C19H22N2O4. The highest BCUT2D eigenvalue weighted by molar-refractivity contribution is 5.98. The summed E-state index contributed by atoms with van der Waals surface area (Å²) < 4.78 is 10.4. The lowest BCUT2D eigenvalue weighted by Gasteiger charge is -2.31. The smallest absolute Gasteiger partial charge is 0.409 e. The van der Waals surface area contributed by atoms with Crippen LogP contribution in [0, 0.1) is 0 Å². The molecule has 1 fully saturated rings. The molecule has 0 spiro atoms. The average molecular weight is 342 g/mol. The van der Waals surface area contributed by atoms with E-state index in [1.54, 1.807) is 17.9 Å². The van der Waals surface area contributed by atoms with E-state index in [4.69, 9.17) is 9.15 Å². The maximum atomic E-state index is 12.6. The molecule has 2 aromatic rings. The topological polar surface area (TPSA) is 71.8 Å². The lowest BCUT2D eigenvalue weighted by molar-refractivity contribution is 0.0841. The van der Waals surface area contributed by atoms with Gasteiger partial charge in [0.15, 0.2) is 5.76 Å². The van der Waals surface area contributed by atoms with Crippen molar-refractivity contribution in [1.29, 1.82) is 0 Å². The van der Waals surface area contributed by atoms with Crippen LogP contribution in [0.2, 0.25) is 0 Å². The molecule has 3 rings (SSSR count). The zero-order valence-electron chi connectivity index (χ0n) is 14.2. The van der Waals surface area contributed by atoms with E-state index in [2.05, 4.69) is 5.32 Å². The Balaban J connectivity index is 1.60. The van der Waals surface area contributed by atoms with Crippen LogP contribution < -0.4 is 5.32 Å². The summed E-state index contributed by atoms with van der Waals surface area (Å²) in [5.74, 6) is 0.0949. The van der Waals surface area contributed by atoms with Gasteiger partial charge in [-0.3, -0.25) is 4.79 Å². The van der Waals surface area contributed by atoms with Crippen molar-refractivity contribution < 1.29 is 18.7 Å². The number of rotatable bonds is 4.